The summed E-state index contributed by atoms with van der Waals surface area (Å²) in [5.74, 6) is 1.72. The van der Waals surface area contributed by atoms with Gasteiger partial charge in [0.2, 0.25) is 0 Å². The van der Waals surface area contributed by atoms with Gasteiger partial charge in [-0.3, -0.25) is 0 Å². The number of benzene rings is 3. The van der Waals surface area contributed by atoms with Crippen LogP contribution in [0.15, 0.2) is 66.7 Å². The summed E-state index contributed by atoms with van der Waals surface area (Å²) in [7, 11) is 3.40. The molecule has 4 aromatic rings. The minimum atomic E-state index is 0.207. The molecular weight excluding hydrogens is 380 g/mol. The number of para-hydroxylation sites is 1. The number of hydrogen-bond donors (Lipinski definition) is 1. The molecule has 0 aliphatic heterocycles. The van der Waals surface area contributed by atoms with E-state index in [9.17, 15) is 0 Å². The molecule has 1 N–H and O–H groups in total. The third kappa shape index (κ3) is 4.26. The highest BCUT2D eigenvalue weighted by Crippen LogP contribution is 2.36. The summed E-state index contributed by atoms with van der Waals surface area (Å²) in [5, 5.41) is 4.57. The molecule has 3 aromatic carbocycles. The predicted molar refractivity (Wildman–Crippen MR) is 120 cm³/mol. The number of thiazole rings is 1. The van der Waals surface area contributed by atoms with E-state index in [1.807, 2.05) is 36.4 Å². The first kappa shape index (κ1) is 19.4. The Hall–Kier alpha value is -2.89. The van der Waals surface area contributed by atoms with Gasteiger partial charge in [0.05, 0.1) is 30.0 Å². The molecule has 0 saturated carbocycles. The second kappa shape index (κ2) is 8.64. The van der Waals surface area contributed by atoms with Crippen LogP contribution in [0.25, 0.3) is 20.8 Å². The van der Waals surface area contributed by atoms with E-state index in [4.69, 9.17) is 14.5 Å². The van der Waals surface area contributed by atoms with E-state index in [1.165, 1.54) is 15.8 Å². The Labute approximate surface area is 175 Å². The average Bonchev–Trinajstić information content (AvgIpc) is 3.21. The van der Waals surface area contributed by atoms with Gasteiger partial charge in [-0.15, -0.1) is 11.3 Å². The van der Waals surface area contributed by atoms with Gasteiger partial charge in [-0.2, -0.15) is 0 Å². The molecule has 0 aliphatic rings. The van der Waals surface area contributed by atoms with Crippen LogP contribution in [0.3, 0.4) is 0 Å². The molecule has 0 amide bonds. The fraction of sp³-hybridized carbons (Fsp3) is 0.208. The highest BCUT2D eigenvalue weighted by molar-refractivity contribution is 7.21. The van der Waals surface area contributed by atoms with Crippen molar-refractivity contribution in [3.05, 3.63) is 77.9 Å². The SMILES string of the molecule is COc1cccc(C(C)NCc2ccc(OC)c(-c3nc4ccccc4s3)c2)c1. The van der Waals surface area contributed by atoms with E-state index in [1.54, 1.807) is 25.6 Å². The summed E-state index contributed by atoms with van der Waals surface area (Å²) in [6.07, 6.45) is 0. The molecule has 0 fully saturated rings. The van der Waals surface area contributed by atoms with Gasteiger partial charge in [-0.25, -0.2) is 4.98 Å². The van der Waals surface area contributed by atoms with E-state index in [0.29, 0.717) is 0 Å². The maximum Gasteiger partial charge on any atom is 0.129 e. The number of aromatic nitrogens is 1. The van der Waals surface area contributed by atoms with Crippen molar-refractivity contribution in [2.45, 2.75) is 19.5 Å². The van der Waals surface area contributed by atoms with Crippen molar-refractivity contribution in [3.63, 3.8) is 0 Å². The first-order valence-corrected chi connectivity index (χ1v) is 10.4. The number of fused-ring (bicyclic) bond motifs is 1. The van der Waals surface area contributed by atoms with Crippen LogP contribution >= 0.6 is 11.3 Å². The summed E-state index contributed by atoms with van der Waals surface area (Å²) in [6.45, 7) is 2.91. The van der Waals surface area contributed by atoms with Crippen LogP contribution in [0.5, 0.6) is 11.5 Å². The fourth-order valence-electron chi connectivity index (χ4n) is 3.32. The monoisotopic (exact) mass is 404 g/mol. The molecule has 148 valence electrons. The first-order valence-electron chi connectivity index (χ1n) is 9.58. The van der Waals surface area contributed by atoms with Crippen molar-refractivity contribution in [3.8, 4) is 22.1 Å². The number of nitrogens with zero attached hydrogens (tertiary/aromatic N) is 1. The van der Waals surface area contributed by atoms with Crippen LogP contribution in [-0.4, -0.2) is 19.2 Å². The third-order valence-electron chi connectivity index (χ3n) is 4.99. The second-order valence-electron chi connectivity index (χ2n) is 6.90. The van der Waals surface area contributed by atoms with E-state index in [2.05, 4.69) is 42.6 Å². The lowest BCUT2D eigenvalue weighted by Crippen LogP contribution is -2.18. The second-order valence-corrected chi connectivity index (χ2v) is 7.93. The molecular formula is C24H24N2O2S. The Kier molecular flexibility index (Phi) is 5.79. The molecule has 29 heavy (non-hydrogen) atoms. The largest absolute Gasteiger partial charge is 0.497 e. The molecule has 0 saturated heterocycles. The Bertz CT molecular complexity index is 1090. The Morgan fingerprint density at radius 3 is 2.62 bits per heavy atom. The summed E-state index contributed by atoms with van der Waals surface area (Å²) < 4.78 is 12.1. The third-order valence-corrected chi connectivity index (χ3v) is 6.06. The Balaban J connectivity index is 1.56. The van der Waals surface area contributed by atoms with E-state index in [0.717, 1.165) is 34.1 Å². The van der Waals surface area contributed by atoms with Crippen molar-refractivity contribution in [1.29, 1.82) is 0 Å². The number of rotatable bonds is 7. The number of methoxy groups -OCH3 is 2. The van der Waals surface area contributed by atoms with E-state index < -0.39 is 0 Å². The van der Waals surface area contributed by atoms with Crippen LogP contribution < -0.4 is 14.8 Å². The van der Waals surface area contributed by atoms with Crippen LogP contribution in [0.4, 0.5) is 0 Å². The molecule has 5 heteroatoms. The molecule has 1 aromatic heterocycles. The maximum atomic E-state index is 5.60. The van der Waals surface area contributed by atoms with Gasteiger partial charge in [-0.1, -0.05) is 30.3 Å². The van der Waals surface area contributed by atoms with Crippen molar-refractivity contribution < 1.29 is 9.47 Å². The Morgan fingerprint density at radius 2 is 1.83 bits per heavy atom. The molecule has 4 nitrogen and oxygen atoms in total. The van der Waals surface area contributed by atoms with Gasteiger partial charge in [0.1, 0.15) is 16.5 Å². The normalized spacial score (nSPS) is 12.1. The maximum absolute atomic E-state index is 5.60. The van der Waals surface area contributed by atoms with E-state index in [-0.39, 0.29) is 6.04 Å². The van der Waals surface area contributed by atoms with Crippen molar-refractivity contribution >= 4 is 21.6 Å². The molecule has 1 unspecified atom stereocenters. The molecule has 0 radical (unpaired) electrons. The lowest BCUT2D eigenvalue weighted by atomic mass is 10.1. The zero-order valence-corrected chi connectivity index (χ0v) is 17.6. The van der Waals surface area contributed by atoms with Gasteiger partial charge in [0.25, 0.3) is 0 Å². The first-order chi connectivity index (χ1) is 14.2. The average molecular weight is 405 g/mol. The standard InChI is InChI=1S/C24H24N2O2S/c1-16(18-7-6-8-19(14-18)27-2)25-15-17-11-12-22(28-3)20(13-17)24-26-21-9-4-5-10-23(21)29-24/h4-14,16,25H,15H2,1-3H3. The minimum absolute atomic E-state index is 0.207. The molecule has 4 rings (SSSR count). The van der Waals surface area contributed by atoms with Gasteiger partial charge in [0.15, 0.2) is 0 Å². The number of nitrogens with one attached hydrogen (secondary N) is 1. The predicted octanol–water partition coefficient (Wildman–Crippen LogP) is 5.83. The topological polar surface area (TPSA) is 43.4 Å². The van der Waals surface area contributed by atoms with Crippen molar-refractivity contribution in [2.75, 3.05) is 14.2 Å². The van der Waals surface area contributed by atoms with Crippen LogP contribution in [0, 0.1) is 0 Å². The molecule has 0 aliphatic carbocycles. The zero-order valence-electron chi connectivity index (χ0n) is 16.8. The summed E-state index contributed by atoms with van der Waals surface area (Å²) >= 11 is 1.69. The minimum Gasteiger partial charge on any atom is -0.497 e. The summed E-state index contributed by atoms with van der Waals surface area (Å²) in [5.41, 5.74) is 4.44. The van der Waals surface area contributed by atoms with Gasteiger partial charge >= 0.3 is 0 Å². The number of ether oxygens (including phenoxy) is 2. The molecule has 0 spiro atoms. The Morgan fingerprint density at radius 1 is 0.966 bits per heavy atom. The zero-order chi connectivity index (χ0) is 20.2. The summed E-state index contributed by atoms with van der Waals surface area (Å²) in [4.78, 5) is 4.80. The van der Waals surface area contributed by atoms with Gasteiger partial charge < -0.3 is 14.8 Å². The van der Waals surface area contributed by atoms with Crippen LogP contribution in [-0.2, 0) is 6.54 Å². The van der Waals surface area contributed by atoms with Crippen molar-refractivity contribution in [2.24, 2.45) is 0 Å². The molecule has 1 atom stereocenters. The van der Waals surface area contributed by atoms with Crippen LogP contribution in [0.2, 0.25) is 0 Å². The lowest BCUT2D eigenvalue weighted by Gasteiger charge is -2.16. The van der Waals surface area contributed by atoms with E-state index >= 15 is 0 Å². The highest BCUT2D eigenvalue weighted by Gasteiger charge is 2.13. The highest BCUT2D eigenvalue weighted by atomic mass is 32.1. The van der Waals surface area contributed by atoms with Gasteiger partial charge in [-0.05, 0) is 54.4 Å². The summed E-state index contributed by atoms with van der Waals surface area (Å²) in [6, 6.07) is 22.9. The van der Waals surface area contributed by atoms with Gasteiger partial charge in [0, 0.05) is 12.6 Å². The molecule has 0 bridgehead atoms. The lowest BCUT2D eigenvalue weighted by molar-refractivity contribution is 0.413. The smallest absolute Gasteiger partial charge is 0.129 e. The quantitative estimate of drug-likeness (QED) is 0.421. The van der Waals surface area contributed by atoms with Crippen molar-refractivity contribution in [1.82, 2.24) is 10.3 Å². The molecule has 1 heterocycles. The fourth-order valence-corrected chi connectivity index (χ4v) is 4.31. The number of hydrogen-bond acceptors (Lipinski definition) is 5. The van der Waals surface area contributed by atoms with Crippen LogP contribution in [0.1, 0.15) is 24.1 Å².